The zero-order chi connectivity index (χ0) is 10.2. The Kier molecular flexibility index (Phi) is 2.28. The van der Waals surface area contributed by atoms with Crippen LogP contribution in [-0.2, 0) is 10.3 Å². The first-order valence-corrected chi connectivity index (χ1v) is 5.27. The number of carboxylic acid groups (broad SMARTS) is 1. The van der Waals surface area contributed by atoms with Gasteiger partial charge in [-0.25, -0.2) is 9.78 Å². The first-order chi connectivity index (χ1) is 6.62. The van der Waals surface area contributed by atoms with Crippen molar-refractivity contribution in [2.75, 3.05) is 6.61 Å². The maximum atomic E-state index is 10.6. The normalized spacial score (nSPS) is 26.6. The summed E-state index contributed by atoms with van der Waals surface area (Å²) >= 11 is 1.20. The van der Waals surface area contributed by atoms with Crippen LogP contribution in [0.5, 0.6) is 0 Å². The van der Waals surface area contributed by atoms with Gasteiger partial charge in [-0.2, -0.15) is 0 Å². The van der Waals surface area contributed by atoms with Crippen LogP contribution in [0.15, 0.2) is 6.20 Å². The van der Waals surface area contributed by atoms with Gasteiger partial charge in [-0.3, -0.25) is 0 Å². The Morgan fingerprint density at radius 3 is 3.07 bits per heavy atom. The van der Waals surface area contributed by atoms with E-state index in [-0.39, 0.29) is 10.6 Å². The molecule has 1 atom stereocenters. The molecule has 0 saturated carbocycles. The van der Waals surface area contributed by atoms with Crippen LogP contribution in [0, 0.1) is 0 Å². The fourth-order valence-corrected chi connectivity index (χ4v) is 2.47. The number of hydrogen-bond acceptors (Lipinski definition) is 4. The van der Waals surface area contributed by atoms with E-state index in [2.05, 4.69) is 4.98 Å². The van der Waals surface area contributed by atoms with E-state index < -0.39 is 5.97 Å². The van der Waals surface area contributed by atoms with Gasteiger partial charge in [-0.1, -0.05) is 0 Å². The van der Waals surface area contributed by atoms with Crippen LogP contribution in [-0.4, -0.2) is 22.7 Å². The standard InChI is InChI=1S/C9H11NO3S/c1-9(3-2-4-13-9)6-5-10-7(14-6)8(11)12/h5H,2-4H2,1H3,(H,11,12). The lowest BCUT2D eigenvalue weighted by molar-refractivity contribution is 0.0197. The van der Waals surface area contributed by atoms with Gasteiger partial charge in [0.05, 0.1) is 4.88 Å². The molecule has 76 valence electrons. The van der Waals surface area contributed by atoms with Gasteiger partial charge in [0.15, 0.2) is 0 Å². The van der Waals surface area contributed by atoms with Crippen molar-refractivity contribution in [1.82, 2.24) is 4.98 Å². The maximum absolute atomic E-state index is 10.6. The monoisotopic (exact) mass is 213 g/mol. The Hall–Kier alpha value is -0.940. The van der Waals surface area contributed by atoms with Crippen LogP contribution in [0.4, 0.5) is 0 Å². The molecule has 4 nitrogen and oxygen atoms in total. The van der Waals surface area contributed by atoms with E-state index in [1.165, 1.54) is 11.3 Å². The van der Waals surface area contributed by atoms with Gasteiger partial charge in [0.1, 0.15) is 5.60 Å². The molecule has 0 aromatic carbocycles. The molecule has 2 rings (SSSR count). The number of thiazole rings is 1. The predicted molar refractivity (Wildman–Crippen MR) is 51.6 cm³/mol. The highest BCUT2D eigenvalue weighted by atomic mass is 32.1. The molecule has 1 saturated heterocycles. The number of aromatic carboxylic acids is 1. The highest BCUT2D eigenvalue weighted by Crippen LogP contribution is 2.38. The third-order valence-electron chi connectivity index (χ3n) is 2.43. The van der Waals surface area contributed by atoms with Crippen molar-refractivity contribution < 1.29 is 14.6 Å². The van der Waals surface area contributed by atoms with Crippen LogP contribution in [0.2, 0.25) is 0 Å². The highest BCUT2D eigenvalue weighted by Gasteiger charge is 2.34. The second-order valence-electron chi connectivity index (χ2n) is 3.52. The minimum absolute atomic E-state index is 0.136. The summed E-state index contributed by atoms with van der Waals surface area (Å²) in [7, 11) is 0. The number of nitrogens with zero attached hydrogens (tertiary/aromatic N) is 1. The van der Waals surface area contributed by atoms with Crippen molar-refractivity contribution in [3.05, 3.63) is 16.1 Å². The smallest absolute Gasteiger partial charge is 0.365 e. The summed E-state index contributed by atoms with van der Waals surface area (Å²) in [6.45, 7) is 2.73. The van der Waals surface area contributed by atoms with Crippen LogP contribution in [0.25, 0.3) is 0 Å². The van der Waals surface area contributed by atoms with E-state index in [1.54, 1.807) is 6.20 Å². The summed E-state index contributed by atoms with van der Waals surface area (Å²) < 4.78 is 5.60. The molecule has 14 heavy (non-hydrogen) atoms. The van der Waals surface area contributed by atoms with E-state index in [0.29, 0.717) is 0 Å². The molecule has 1 fully saturated rings. The quantitative estimate of drug-likeness (QED) is 0.814. The first-order valence-electron chi connectivity index (χ1n) is 4.45. The molecule has 0 amide bonds. The molecular formula is C9H11NO3S. The first kappa shape index (κ1) is 9.61. The number of carboxylic acids is 1. The number of aromatic nitrogens is 1. The summed E-state index contributed by atoms with van der Waals surface area (Å²) in [5, 5.41) is 8.87. The molecule has 1 aromatic heterocycles. The van der Waals surface area contributed by atoms with Gasteiger partial charge in [-0.15, -0.1) is 11.3 Å². The molecule has 2 heterocycles. The Morgan fingerprint density at radius 2 is 2.57 bits per heavy atom. The van der Waals surface area contributed by atoms with E-state index in [0.717, 1.165) is 24.3 Å². The Morgan fingerprint density at radius 1 is 1.79 bits per heavy atom. The molecule has 1 aromatic rings. The molecular weight excluding hydrogens is 202 g/mol. The van der Waals surface area contributed by atoms with Crippen LogP contribution in [0.3, 0.4) is 0 Å². The minimum atomic E-state index is -0.970. The Labute approximate surface area is 85.5 Å². The number of ether oxygens (including phenoxy) is 1. The molecule has 1 aliphatic rings. The van der Waals surface area contributed by atoms with Gasteiger partial charge in [0.25, 0.3) is 0 Å². The van der Waals surface area contributed by atoms with Gasteiger partial charge < -0.3 is 9.84 Å². The van der Waals surface area contributed by atoms with Gasteiger partial charge in [0.2, 0.25) is 5.01 Å². The van der Waals surface area contributed by atoms with Crippen molar-refractivity contribution in [2.24, 2.45) is 0 Å². The topological polar surface area (TPSA) is 59.4 Å². The van der Waals surface area contributed by atoms with Crippen molar-refractivity contribution in [3.63, 3.8) is 0 Å². The lowest BCUT2D eigenvalue weighted by Gasteiger charge is -2.20. The van der Waals surface area contributed by atoms with E-state index >= 15 is 0 Å². The zero-order valence-corrected chi connectivity index (χ0v) is 8.63. The van der Waals surface area contributed by atoms with Crippen LogP contribution >= 0.6 is 11.3 Å². The lowest BCUT2D eigenvalue weighted by Crippen LogP contribution is -2.17. The van der Waals surface area contributed by atoms with Crippen molar-refractivity contribution >= 4 is 17.3 Å². The average molecular weight is 213 g/mol. The highest BCUT2D eigenvalue weighted by molar-refractivity contribution is 7.13. The average Bonchev–Trinajstić information content (AvgIpc) is 2.71. The second-order valence-corrected chi connectivity index (χ2v) is 4.55. The third kappa shape index (κ3) is 1.53. The van der Waals surface area contributed by atoms with Gasteiger partial charge >= 0.3 is 5.97 Å². The number of carbonyl (C=O) groups is 1. The predicted octanol–water partition coefficient (Wildman–Crippen LogP) is 1.87. The molecule has 5 heteroatoms. The summed E-state index contributed by atoms with van der Waals surface area (Å²) in [5.41, 5.74) is -0.314. The number of rotatable bonds is 2. The SMILES string of the molecule is CC1(c2cnc(C(=O)O)s2)CCCO1. The van der Waals surface area contributed by atoms with Crippen LogP contribution < -0.4 is 0 Å². The van der Waals surface area contributed by atoms with E-state index in [4.69, 9.17) is 9.84 Å². The molecule has 0 aliphatic carbocycles. The van der Waals surface area contributed by atoms with E-state index in [1.807, 2.05) is 6.92 Å². The summed E-state index contributed by atoms with van der Waals surface area (Å²) in [6.07, 6.45) is 3.57. The molecule has 1 N–H and O–H groups in total. The van der Waals surface area contributed by atoms with Crippen molar-refractivity contribution in [2.45, 2.75) is 25.4 Å². The summed E-state index contributed by atoms with van der Waals surface area (Å²) in [4.78, 5) is 15.4. The van der Waals surface area contributed by atoms with Crippen molar-refractivity contribution in [1.29, 1.82) is 0 Å². The third-order valence-corrected chi connectivity index (χ3v) is 3.66. The fraction of sp³-hybridized carbons (Fsp3) is 0.556. The Bertz CT molecular complexity index is 355. The molecule has 0 bridgehead atoms. The fourth-order valence-electron chi connectivity index (χ4n) is 1.59. The molecule has 0 spiro atoms. The maximum Gasteiger partial charge on any atom is 0.365 e. The molecule has 1 unspecified atom stereocenters. The van der Waals surface area contributed by atoms with Crippen molar-refractivity contribution in [3.8, 4) is 0 Å². The number of hydrogen-bond donors (Lipinski definition) is 1. The zero-order valence-electron chi connectivity index (χ0n) is 7.82. The molecule has 1 aliphatic heterocycles. The largest absolute Gasteiger partial charge is 0.476 e. The summed E-state index contributed by atoms with van der Waals surface area (Å²) in [5.74, 6) is -0.970. The van der Waals surface area contributed by atoms with Crippen LogP contribution in [0.1, 0.15) is 34.4 Å². The Balaban J connectivity index is 2.28. The second kappa shape index (κ2) is 3.33. The molecule has 0 radical (unpaired) electrons. The van der Waals surface area contributed by atoms with E-state index in [9.17, 15) is 4.79 Å². The minimum Gasteiger partial charge on any atom is -0.476 e. The van der Waals surface area contributed by atoms with Gasteiger partial charge in [0, 0.05) is 12.8 Å². The summed E-state index contributed by atoms with van der Waals surface area (Å²) in [6, 6.07) is 0. The lowest BCUT2D eigenvalue weighted by atomic mass is 10.0. The van der Waals surface area contributed by atoms with Gasteiger partial charge in [-0.05, 0) is 19.8 Å².